The van der Waals surface area contributed by atoms with E-state index in [1.807, 2.05) is 25.9 Å². The van der Waals surface area contributed by atoms with Crippen LogP contribution < -0.4 is 5.73 Å². The summed E-state index contributed by atoms with van der Waals surface area (Å²) in [6, 6.07) is -0.229. The summed E-state index contributed by atoms with van der Waals surface area (Å²) < 4.78 is 10.9. The van der Waals surface area contributed by atoms with E-state index in [4.69, 9.17) is 15.0 Å². The highest BCUT2D eigenvalue weighted by molar-refractivity contribution is 5.02. The zero-order chi connectivity index (χ0) is 12.5. The molecule has 0 bridgehead atoms. The number of ether oxygens (including phenoxy) is 1. The summed E-state index contributed by atoms with van der Waals surface area (Å²) in [4.78, 5) is 6.36. The van der Waals surface area contributed by atoms with Crippen LogP contribution in [-0.4, -0.2) is 42.3 Å². The van der Waals surface area contributed by atoms with Gasteiger partial charge in [-0.15, -0.1) is 0 Å². The first-order valence-corrected chi connectivity index (χ1v) is 5.89. The lowest BCUT2D eigenvalue weighted by atomic mass is 10.0. The van der Waals surface area contributed by atoms with E-state index in [1.165, 1.54) is 0 Å². The van der Waals surface area contributed by atoms with Crippen LogP contribution >= 0.6 is 0 Å². The van der Waals surface area contributed by atoms with E-state index in [0.717, 1.165) is 19.4 Å². The molecule has 1 saturated heterocycles. The topological polar surface area (TPSA) is 77.4 Å². The molecule has 2 N–H and O–H groups in total. The van der Waals surface area contributed by atoms with Crippen LogP contribution in [0.1, 0.15) is 37.5 Å². The molecule has 2 unspecified atom stereocenters. The summed E-state index contributed by atoms with van der Waals surface area (Å²) in [6.45, 7) is 3.42. The highest BCUT2D eigenvalue weighted by atomic mass is 16.5. The molecular weight excluding hydrogens is 220 g/mol. The Hall–Kier alpha value is -0.980. The zero-order valence-corrected chi connectivity index (χ0v) is 10.6. The first-order valence-electron chi connectivity index (χ1n) is 5.89. The van der Waals surface area contributed by atoms with Gasteiger partial charge in [-0.25, -0.2) is 0 Å². The summed E-state index contributed by atoms with van der Waals surface area (Å²) in [7, 11) is 3.92. The van der Waals surface area contributed by atoms with Crippen molar-refractivity contribution in [2.75, 3.05) is 27.2 Å². The number of hydrogen-bond donors (Lipinski definition) is 1. The molecule has 1 aliphatic heterocycles. The van der Waals surface area contributed by atoms with Crippen molar-refractivity contribution >= 4 is 0 Å². The van der Waals surface area contributed by atoms with Gasteiger partial charge >= 0.3 is 0 Å². The lowest BCUT2D eigenvalue weighted by molar-refractivity contribution is -0.00937. The molecule has 0 aromatic carbocycles. The Bertz CT molecular complexity index is 371. The molecule has 2 heterocycles. The second kappa shape index (κ2) is 4.72. The summed E-state index contributed by atoms with van der Waals surface area (Å²) in [5.41, 5.74) is 5.56. The molecule has 0 spiro atoms. The van der Waals surface area contributed by atoms with Gasteiger partial charge in [-0.1, -0.05) is 5.16 Å². The smallest absolute Gasteiger partial charge is 0.258 e. The van der Waals surface area contributed by atoms with Gasteiger partial charge in [-0.3, -0.25) is 0 Å². The second-order valence-corrected chi connectivity index (χ2v) is 5.01. The van der Waals surface area contributed by atoms with Crippen molar-refractivity contribution in [2.45, 2.75) is 31.4 Å². The van der Waals surface area contributed by atoms with E-state index in [0.29, 0.717) is 18.3 Å². The monoisotopic (exact) mass is 240 g/mol. The predicted octanol–water partition coefficient (Wildman–Crippen LogP) is 0.657. The zero-order valence-electron chi connectivity index (χ0n) is 10.6. The van der Waals surface area contributed by atoms with Crippen LogP contribution in [0.4, 0.5) is 0 Å². The minimum absolute atomic E-state index is 0.229. The van der Waals surface area contributed by atoms with Gasteiger partial charge in [0.05, 0.1) is 6.04 Å². The Morgan fingerprint density at radius 2 is 2.29 bits per heavy atom. The Morgan fingerprint density at radius 3 is 2.88 bits per heavy atom. The minimum Gasteiger partial charge on any atom is -0.365 e. The van der Waals surface area contributed by atoms with Gasteiger partial charge < -0.3 is 19.9 Å². The normalized spacial score (nSPS) is 26.6. The average Bonchev–Trinajstić information content (AvgIpc) is 2.85. The molecule has 1 aromatic rings. The van der Waals surface area contributed by atoms with Crippen LogP contribution in [0.3, 0.4) is 0 Å². The van der Waals surface area contributed by atoms with Crippen molar-refractivity contribution in [3.05, 3.63) is 11.7 Å². The van der Waals surface area contributed by atoms with Crippen LogP contribution in [0.15, 0.2) is 4.52 Å². The fraction of sp³-hybridized carbons (Fsp3) is 0.818. The molecule has 6 heteroatoms. The number of likely N-dealkylation sites (N-methyl/N-ethyl adjacent to an activating group) is 1. The molecule has 96 valence electrons. The maximum atomic E-state index is 5.98. The molecule has 1 aromatic heterocycles. The van der Waals surface area contributed by atoms with E-state index in [2.05, 4.69) is 10.1 Å². The third kappa shape index (κ3) is 2.65. The molecule has 2 atom stereocenters. The number of hydrogen-bond acceptors (Lipinski definition) is 6. The van der Waals surface area contributed by atoms with E-state index >= 15 is 0 Å². The summed E-state index contributed by atoms with van der Waals surface area (Å²) >= 11 is 0. The van der Waals surface area contributed by atoms with Crippen molar-refractivity contribution in [3.8, 4) is 0 Å². The fourth-order valence-electron chi connectivity index (χ4n) is 2.02. The molecule has 1 fully saturated rings. The van der Waals surface area contributed by atoms with Gasteiger partial charge in [0.2, 0.25) is 0 Å². The third-order valence-corrected chi connectivity index (χ3v) is 3.01. The van der Waals surface area contributed by atoms with Crippen LogP contribution in [0.5, 0.6) is 0 Å². The maximum Gasteiger partial charge on any atom is 0.258 e. The van der Waals surface area contributed by atoms with Crippen LogP contribution in [-0.2, 0) is 10.3 Å². The molecule has 0 aliphatic carbocycles. The molecule has 1 aliphatic rings. The third-order valence-electron chi connectivity index (χ3n) is 3.01. The average molecular weight is 240 g/mol. The Morgan fingerprint density at radius 1 is 1.53 bits per heavy atom. The molecule has 6 nitrogen and oxygen atoms in total. The van der Waals surface area contributed by atoms with Crippen molar-refractivity contribution < 1.29 is 9.26 Å². The summed E-state index contributed by atoms with van der Waals surface area (Å²) in [6.07, 6.45) is 1.94. The largest absolute Gasteiger partial charge is 0.365 e. The van der Waals surface area contributed by atoms with Crippen molar-refractivity contribution in [3.63, 3.8) is 0 Å². The predicted molar refractivity (Wildman–Crippen MR) is 62.3 cm³/mol. The first kappa shape index (κ1) is 12.5. The standard InChI is InChI=1S/C11H20N4O2/c1-11(5-4-6-16-11)10-13-9(14-17-10)8(12)7-15(2)3/h8H,4-7,12H2,1-3H3. The fourth-order valence-corrected chi connectivity index (χ4v) is 2.02. The first-order chi connectivity index (χ1) is 8.01. The number of rotatable bonds is 4. The van der Waals surface area contributed by atoms with E-state index in [-0.39, 0.29) is 6.04 Å². The van der Waals surface area contributed by atoms with Gasteiger partial charge in [-0.05, 0) is 33.9 Å². The number of aromatic nitrogens is 2. The van der Waals surface area contributed by atoms with Gasteiger partial charge in [0, 0.05) is 13.2 Å². The van der Waals surface area contributed by atoms with Crippen LogP contribution in [0.25, 0.3) is 0 Å². The van der Waals surface area contributed by atoms with Crippen LogP contribution in [0, 0.1) is 0 Å². The summed E-state index contributed by atoms with van der Waals surface area (Å²) in [5.74, 6) is 1.09. The van der Waals surface area contributed by atoms with Gasteiger partial charge in [-0.2, -0.15) is 4.98 Å². The summed E-state index contributed by atoms with van der Waals surface area (Å²) in [5, 5.41) is 3.94. The Kier molecular flexibility index (Phi) is 3.46. The minimum atomic E-state index is -0.427. The SMILES string of the molecule is CN(C)CC(N)c1noc(C2(C)CCCO2)n1. The van der Waals surface area contributed by atoms with E-state index in [1.54, 1.807) is 0 Å². The van der Waals surface area contributed by atoms with Gasteiger partial charge in [0.25, 0.3) is 5.89 Å². The quantitative estimate of drug-likeness (QED) is 0.833. The van der Waals surface area contributed by atoms with Crippen molar-refractivity contribution in [1.29, 1.82) is 0 Å². The molecule has 2 rings (SSSR count). The lowest BCUT2D eigenvalue weighted by Crippen LogP contribution is -2.27. The Labute approximate surface area is 101 Å². The molecule has 0 radical (unpaired) electrons. The highest BCUT2D eigenvalue weighted by Gasteiger charge is 2.37. The van der Waals surface area contributed by atoms with Crippen molar-refractivity contribution in [2.24, 2.45) is 5.73 Å². The van der Waals surface area contributed by atoms with Crippen LogP contribution in [0.2, 0.25) is 0 Å². The molecule has 17 heavy (non-hydrogen) atoms. The van der Waals surface area contributed by atoms with E-state index < -0.39 is 5.60 Å². The second-order valence-electron chi connectivity index (χ2n) is 5.01. The number of nitrogens with two attached hydrogens (primary N) is 1. The van der Waals surface area contributed by atoms with Crippen molar-refractivity contribution in [1.82, 2.24) is 15.0 Å². The maximum absolute atomic E-state index is 5.98. The lowest BCUT2D eigenvalue weighted by Gasteiger charge is -2.17. The molecule has 0 amide bonds. The van der Waals surface area contributed by atoms with Gasteiger partial charge in [0.15, 0.2) is 5.82 Å². The van der Waals surface area contributed by atoms with E-state index in [9.17, 15) is 0 Å². The van der Waals surface area contributed by atoms with Gasteiger partial charge in [0.1, 0.15) is 5.60 Å². The molecule has 0 saturated carbocycles. The Balaban J connectivity index is 2.10. The number of nitrogens with zero attached hydrogens (tertiary/aromatic N) is 3. The molecular formula is C11H20N4O2. The highest BCUT2D eigenvalue weighted by Crippen LogP contribution is 2.34.